The van der Waals surface area contributed by atoms with Gasteiger partial charge >= 0.3 is 24.3 Å². The summed E-state index contributed by atoms with van der Waals surface area (Å²) < 4.78 is 69.1. The molecule has 0 saturated carbocycles. The van der Waals surface area contributed by atoms with Crippen molar-refractivity contribution in [1.82, 2.24) is 15.3 Å². The quantitative estimate of drug-likeness (QED) is 0.520. The number of carboxylic acids is 2. The average Bonchev–Trinajstić information content (AvgIpc) is 3.23. The third kappa shape index (κ3) is 9.43. The minimum Gasteiger partial charge on any atom is -0.475 e. The summed E-state index contributed by atoms with van der Waals surface area (Å²) in [5, 5.41) is 18.2. The normalized spacial score (nSPS) is 13.8. The highest BCUT2D eigenvalue weighted by Crippen LogP contribution is 2.29. The zero-order chi connectivity index (χ0) is 26.1. The Morgan fingerprint density at radius 3 is 1.94 bits per heavy atom. The summed E-state index contributed by atoms with van der Waals surface area (Å²) in [5.74, 6) is -3.25. The fourth-order valence-corrected chi connectivity index (χ4v) is 2.55. The molecule has 2 aromatic heterocycles. The summed E-state index contributed by atoms with van der Waals surface area (Å²) in [6, 6.07) is 1.87. The summed E-state index contributed by atoms with van der Waals surface area (Å²) in [5.41, 5.74) is 0.814. The molecule has 3 rings (SSSR count). The number of aromatic nitrogens is 2. The number of alkyl halides is 6. The van der Waals surface area contributed by atoms with E-state index in [1.165, 1.54) is 0 Å². The SMILES string of the molecule is CCc1cnc(-c2cnc(N3CCNCC3)c(Cl)c2)o1.O=C(O)C(F)(F)F.O=C(O)C(F)(F)F. The number of carbonyl (C=O) groups is 2. The summed E-state index contributed by atoms with van der Waals surface area (Å²) >= 11 is 6.36. The summed E-state index contributed by atoms with van der Waals surface area (Å²) in [4.78, 5) is 28.7. The van der Waals surface area contributed by atoms with Crippen LogP contribution in [0.2, 0.25) is 5.02 Å². The van der Waals surface area contributed by atoms with Gasteiger partial charge in [-0.2, -0.15) is 26.3 Å². The molecule has 3 N–H and O–H groups in total. The van der Waals surface area contributed by atoms with Crippen molar-refractivity contribution in [3.8, 4) is 11.5 Å². The van der Waals surface area contributed by atoms with Crippen molar-refractivity contribution in [1.29, 1.82) is 0 Å². The maximum absolute atomic E-state index is 10.6. The molecule has 1 fully saturated rings. The van der Waals surface area contributed by atoms with Crippen LogP contribution in [0.3, 0.4) is 0 Å². The van der Waals surface area contributed by atoms with Gasteiger partial charge in [0, 0.05) is 38.8 Å². The first kappa shape index (κ1) is 29.0. The number of aryl methyl sites for hydroxylation is 1. The third-order valence-electron chi connectivity index (χ3n) is 3.87. The monoisotopic (exact) mass is 520 g/mol. The first-order chi connectivity index (χ1) is 15.7. The van der Waals surface area contributed by atoms with Gasteiger partial charge in [0.1, 0.15) is 11.6 Å². The first-order valence-corrected chi connectivity index (χ1v) is 9.71. The molecule has 0 unspecified atom stereocenters. The minimum atomic E-state index is -5.08. The molecule has 0 spiro atoms. The third-order valence-corrected chi connectivity index (χ3v) is 4.15. The number of nitrogens with one attached hydrogen (secondary N) is 1. The van der Waals surface area contributed by atoms with E-state index in [9.17, 15) is 26.3 Å². The molecule has 0 atom stereocenters. The van der Waals surface area contributed by atoms with Crippen molar-refractivity contribution in [2.75, 3.05) is 31.1 Å². The first-order valence-electron chi connectivity index (χ1n) is 9.33. The lowest BCUT2D eigenvalue weighted by molar-refractivity contribution is -0.193. The van der Waals surface area contributed by atoms with E-state index in [1.54, 1.807) is 12.4 Å². The van der Waals surface area contributed by atoms with Gasteiger partial charge < -0.3 is 24.8 Å². The topological polar surface area (TPSA) is 129 Å². The predicted molar refractivity (Wildman–Crippen MR) is 107 cm³/mol. The number of pyridine rings is 1. The minimum absolute atomic E-state index is 0.572. The van der Waals surface area contributed by atoms with E-state index in [2.05, 4.69) is 20.2 Å². The van der Waals surface area contributed by atoms with Crippen LogP contribution < -0.4 is 10.2 Å². The number of piperazine rings is 1. The van der Waals surface area contributed by atoms with Crippen molar-refractivity contribution in [3.05, 3.63) is 29.2 Å². The van der Waals surface area contributed by atoms with Crippen LogP contribution in [0, 0.1) is 0 Å². The van der Waals surface area contributed by atoms with E-state index in [0.29, 0.717) is 10.9 Å². The summed E-state index contributed by atoms with van der Waals surface area (Å²) in [6.45, 7) is 5.79. The van der Waals surface area contributed by atoms with Crippen LogP contribution in [0.25, 0.3) is 11.5 Å². The molecular formula is C18H19ClF6N4O5. The van der Waals surface area contributed by atoms with E-state index in [0.717, 1.165) is 49.7 Å². The Balaban J connectivity index is 0.000000343. The van der Waals surface area contributed by atoms with Gasteiger partial charge in [0.25, 0.3) is 0 Å². The number of oxazole rings is 1. The fourth-order valence-electron chi connectivity index (χ4n) is 2.26. The Kier molecular flexibility index (Phi) is 10.6. The lowest BCUT2D eigenvalue weighted by atomic mass is 10.2. The largest absolute Gasteiger partial charge is 0.490 e. The second kappa shape index (κ2) is 12.4. The van der Waals surface area contributed by atoms with Crippen molar-refractivity contribution in [3.63, 3.8) is 0 Å². The van der Waals surface area contributed by atoms with Crippen LogP contribution in [0.5, 0.6) is 0 Å². The number of anilines is 1. The van der Waals surface area contributed by atoms with Gasteiger partial charge in [-0.15, -0.1) is 0 Å². The smallest absolute Gasteiger partial charge is 0.475 e. The van der Waals surface area contributed by atoms with Crippen LogP contribution in [0.15, 0.2) is 22.9 Å². The second-order valence-electron chi connectivity index (χ2n) is 6.36. The van der Waals surface area contributed by atoms with Gasteiger partial charge in [0.05, 0.1) is 16.8 Å². The Hall–Kier alpha value is -3.07. The van der Waals surface area contributed by atoms with E-state index in [1.807, 2.05) is 13.0 Å². The molecule has 0 radical (unpaired) electrons. The highest BCUT2D eigenvalue weighted by molar-refractivity contribution is 6.33. The molecule has 1 aliphatic rings. The van der Waals surface area contributed by atoms with Crippen LogP contribution in [-0.4, -0.2) is 70.7 Å². The van der Waals surface area contributed by atoms with Crippen molar-refractivity contribution in [2.45, 2.75) is 25.7 Å². The van der Waals surface area contributed by atoms with Crippen molar-refractivity contribution >= 4 is 29.4 Å². The number of hydrogen-bond acceptors (Lipinski definition) is 7. The summed E-state index contributed by atoms with van der Waals surface area (Å²) in [6.07, 6.45) is -5.82. The van der Waals surface area contributed by atoms with E-state index in [-0.39, 0.29) is 0 Å². The van der Waals surface area contributed by atoms with E-state index < -0.39 is 24.3 Å². The van der Waals surface area contributed by atoms with Gasteiger partial charge in [-0.3, -0.25) is 0 Å². The standard InChI is InChI=1S/C14H17ClN4O.2C2HF3O2/c1-2-11-9-18-14(20-11)10-7-12(15)13(17-8-10)19-5-3-16-4-6-19;2*3-2(4,5)1(6)7/h7-9,16H,2-6H2,1H3;2*(H,6,7). The molecule has 2 aromatic rings. The maximum Gasteiger partial charge on any atom is 0.490 e. The number of nitrogens with zero attached hydrogens (tertiary/aromatic N) is 3. The molecule has 3 heterocycles. The van der Waals surface area contributed by atoms with Gasteiger partial charge in [-0.05, 0) is 6.07 Å². The number of aliphatic carboxylic acids is 2. The molecular weight excluding hydrogens is 502 g/mol. The fraction of sp³-hybridized carbons (Fsp3) is 0.444. The molecule has 0 aliphatic carbocycles. The molecule has 16 heteroatoms. The molecule has 1 aliphatic heterocycles. The molecule has 34 heavy (non-hydrogen) atoms. The lowest BCUT2D eigenvalue weighted by Gasteiger charge is -2.29. The number of halogens is 7. The van der Waals surface area contributed by atoms with Crippen molar-refractivity contribution in [2.24, 2.45) is 0 Å². The lowest BCUT2D eigenvalue weighted by Crippen LogP contribution is -2.44. The number of carboxylic acid groups (broad SMARTS) is 2. The molecule has 0 amide bonds. The van der Waals surface area contributed by atoms with Crippen molar-refractivity contribution < 1.29 is 50.6 Å². The van der Waals surface area contributed by atoms with Gasteiger partial charge in [0.2, 0.25) is 5.89 Å². The van der Waals surface area contributed by atoms with E-state index in [4.69, 9.17) is 35.8 Å². The van der Waals surface area contributed by atoms with Gasteiger partial charge in [-0.1, -0.05) is 18.5 Å². The van der Waals surface area contributed by atoms with Crippen LogP contribution in [0.4, 0.5) is 32.2 Å². The zero-order valence-corrected chi connectivity index (χ0v) is 18.1. The molecule has 0 aromatic carbocycles. The molecule has 0 bridgehead atoms. The summed E-state index contributed by atoms with van der Waals surface area (Å²) in [7, 11) is 0. The highest BCUT2D eigenvalue weighted by Gasteiger charge is 2.38. The van der Waals surface area contributed by atoms with Crippen LogP contribution in [0.1, 0.15) is 12.7 Å². The number of hydrogen-bond donors (Lipinski definition) is 3. The molecule has 9 nitrogen and oxygen atoms in total. The Labute approximate surface area is 193 Å². The zero-order valence-electron chi connectivity index (χ0n) is 17.4. The van der Waals surface area contributed by atoms with Gasteiger partial charge in [-0.25, -0.2) is 19.6 Å². The van der Waals surface area contributed by atoms with Crippen LogP contribution >= 0.6 is 11.6 Å². The molecule has 1 saturated heterocycles. The van der Waals surface area contributed by atoms with Gasteiger partial charge in [0.15, 0.2) is 0 Å². The molecule has 190 valence electrons. The number of rotatable bonds is 3. The average molecular weight is 521 g/mol. The van der Waals surface area contributed by atoms with Crippen LogP contribution in [-0.2, 0) is 16.0 Å². The Morgan fingerprint density at radius 1 is 1.06 bits per heavy atom. The Morgan fingerprint density at radius 2 is 1.56 bits per heavy atom. The Bertz CT molecular complexity index is 937. The highest BCUT2D eigenvalue weighted by atomic mass is 35.5. The maximum atomic E-state index is 10.6. The van der Waals surface area contributed by atoms with E-state index >= 15 is 0 Å². The predicted octanol–water partition coefficient (Wildman–Crippen LogP) is 3.63. The second-order valence-corrected chi connectivity index (χ2v) is 6.76.